The Bertz CT molecular complexity index is 1000. The molecule has 1 aliphatic carbocycles. The monoisotopic (exact) mass is 433 g/mol. The Hall–Kier alpha value is -3.08. The zero-order valence-corrected chi connectivity index (χ0v) is 19.0. The molecule has 1 aliphatic heterocycles. The average molecular weight is 434 g/mol. The molecule has 5 heteroatoms. The molecule has 0 spiro atoms. The van der Waals surface area contributed by atoms with Crippen LogP contribution in [0.1, 0.15) is 63.0 Å². The summed E-state index contributed by atoms with van der Waals surface area (Å²) in [6.07, 6.45) is 1.41. The first-order chi connectivity index (χ1) is 15.4. The molecular weight excluding hydrogens is 402 g/mol. The molecule has 4 rings (SSSR count). The van der Waals surface area contributed by atoms with E-state index in [0.717, 1.165) is 33.9 Å². The molecule has 1 N–H and O–H groups in total. The molecule has 0 fully saturated rings. The first-order valence-electron chi connectivity index (χ1n) is 11.5. The van der Waals surface area contributed by atoms with Crippen molar-refractivity contribution in [1.29, 1.82) is 0 Å². The largest absolute Gasteiger partial charge is 0.494 e. The summed E-state index contributed by atoms with van der Waals surface area (Å²) in [6.45, 7) is 7.46. The van der Waals surface area contributed by atoms with Crippen molar-refractivity contribution in [1.82, 2.24) is 5.32 Å². The molecule has 0 saturated heterocycles. The normalized spacial score (nSPS) is 20.8. The van der Waals surface area contributed by atoms with Gasteiger partial charge in [0.05, 0.1) is 13.2 Å². The topological polar surface area (TPSA) is 64.6 Å². The van der Waals surface area contributed by atoms with E-state index >= 15 is 0 Å². The predicted octanol–water partition coefficient (Wildman–Crippen LogP) is 5.12. The van der Waals surface area contributed by atoms with Crippen LogP contribution in [0.3, 0.4) is 0 Å². The quantitative estimate of drug-likeness (QED) is 0.658. The van der Waals surface area contributed by atoms with Gasteiger partial charge in [-0.05, 0) is 60.6 Å². The molecule has 2 aromatic rings. The van der Waals surface area contributed by atoms with E-state index in [1.165, 1.54) is 0 Å². The number of carbonyl (C=O) groups excluding carboxylic acids is 2. The first kappa shape index (κ1) is 22.1. The summed E-state index contributed by atoms with van der Waals surface area (Å²) in [7, 11) is 0. The highest BCUT2D eigenvalue weighted by Crippen LogP contribution is 2.43. The lowest BCUT2D eigenvalue weighted by atomic mass is 9.73. The summed E-state index contributed by atoms with van der Waals surface area (Å²) in [4.78, 5) is 25.8. The molecule has 0 aromatic heterocycles. The van der Waals surface area contributed by atoms with Gasteiger partial charge in [-0.3, -0.25) is 9.59 Å². The van der Waals surface area contributed by atoms with Gasteiger partial charge in [0, 0.05) is 30.0 Å². The molecule has 32 heavy (non-hydrogen) atoms. The van der Waals surface area contributed by atoms with E-state index in [9.17, 15) is 9.59 Å². The van der Waals surface area contributed by atoms with Crippen LogP contribution in [0.2, 0.25) is 0 Å². The van der Waals surface area contributed by atoms with Crippen LogP contribution in [0.15, 0.2) is 59.8 Å². The van der Waals surface area contributed by atoms with Gasteiger partial charge in [0.15, 0.2) is 5.78 Å². The fourth-order valence-electron chi connectivity index (χ4n) is 4.54. The third-order valence-corrected chi connectivity index (χ3v) is 6.06. The molecule has 5 nitrogen and oxygen atoms in total. The fraction of sp³-hybridized carbons (Fsp3) is 0.407. The zero-order valence-electron chi connectivity index (χ0n) is 19.0. The minimum absolute atomic E-state index is 0.0338. The van der Waals surface area contributed by atoms with E-state index in [1.807, 2.05) is 55.5 Å². The number of amides is 1. The molecule has 2 atom stereocenters. The number of ketones is 1. The van der Waals surface area contributed by atoms with E-state index in [1.54, 1.807) is 0 Å². The number of allylic oxidation sites excluding steroid dienone is 2. The van der Waals surface area contributed by atoms with Crippen molar-refractivity contribution in [2.24, 2.45) is 5.92 Å². The Balaban J connectivity index is 1.55. The fourth-order valence-corrected chi connectivity index (χ4v) is 4.54. The van der Waals surface area contributed by atoms with Gasteiger partial charge in [0.2, 0.25) is 5.91 Å². The molecule has 1 amide bonds. The number of benzene rings is 2. The van der Waals surface area contributed by atoms with Crippen LogP contribution in [-0.2, 0) is 9.59 Å². The highest BCUT2D eigenvalue weighted by molar-refractivity contribution is 6.02. The van der Waals surface area contributed by atoms with Crippen LogP contribution < -0.4 is 14.8 Å². The summed E-state index contributed by atoms with van der Waals surface area (Å²) in [5.41, 5.74) is 3.62. The standard InChI is InChI=1S/C27H31NO4/c1-4-31-21-11-7-19(8-12-21)23-15-26(30)28-24-13-20(14-25(29)27(23)24)18-5-9-22(10-6-18)32-16-17(2)3/h5-12,17,20,23H,4,13-16H2,1-3H3,(H,28,30). The van der Waals surface area contributed by atoms with E-state index in [-0.39, 0.29) is 23.5 Å². The van der Waals surface area contributed by atoms with Gasteiger partial charge in [0.1, 0.15) is 11.5 Å². The maximum Gasteiger partial charge on any atom is 0.225 e. The lowest BCUT2D eigenvalue weighted by molar-refractivity contribution is -0.122. The summed E-state index contributed by atoms with van der Waals surface area (Å²) in [6, 6.07) is 15.8. The van der Waals surface area contributed by atoms with E-state index in [2.05, 4.69) is 19.2 Å². The Morgan fingerprint density at radius 3 is 2.12 bits per heavy atom. The summed E-state index contributed by atoms with van der Waals surface area (Å²) in [5, 5.41) is 2.99. The number of hydrogen-bond donors (Lipinski definition) is 1. The van der Waals surface area contributed by atoms with Crippen molar-refractivity contribution in [3.05, 3.63) is 70.9 Å². The second-order valence-corrected chi connectivity index (χ2v) is 9.00. The van der Waals surface area contributed by atoms with Gasteiger partial charge < -0.3 is 14.8 Å². The maximum absolute atomic E-state index is 13.3. The van der Waals surface area contributed by atoms with Crippen molar-refractivity contribution >= 4 is 11.7 Å². The van der Waals surface area contributed by atoms with E-state index in [4.69, 9.17) is 9.47 Å². The second kappa shape index (κ2) is 9.60. The van der Waals surface area contributed by atoms with E-state index < -0.39 is 0 Å². The van der Waals surface area contributed by atoms with Gasteiger partial charge in [-0.15, -0.1) is 0 Å². The van der Waals surface area contributed by atoms with Crippen LogP contribution in [0.25, 0.3) is 0 Å². The number of Topliss-reactive ketones (excluding diaryl/α,β-unsaturated/α-hetero) is 1. The van der Waals surface area contributed by atoms with Crippen LogP contribution >= 0.6 is 0 Å². The highest BCUT2D eigenvalue weighted by Gasteiger charge is 2.38. The molecule has 0 saturated carbocycles. The Kier molecular flexibility index (Phi) is 6.63. The van der Waals surface area contributed by atoms with Crippen molar-refractivity contribution < 1.29 is 19.1 Å². The van der Waals surface area contributed by atoms with Gasteiger partial charge in [-0.2, -0.15) is 0 Å². The number of ether oxygens (including phenoxy) is 2. The number of rotatable bonds is 7. The zero-order chi connectivity index (χ0) is 22.7. The first-order valence-corrected chi connectivity index (χ1v) is 11.5. The van der Waals surface area contributed by atoms with Crippen molar-refractivity contribution in [3.63, 3.8) is 0 Å². The number of hydrogen-bond acceptors (Lipinski definition) is 4. The Labute approximate surface area is 189 Å². The Morgan fingerprint density at radius 2 is 1.50 bits per heavy atom. The Morgan fingerprint density at radius 1 is 0.875 bits per heavy atom. The van der Waals surface area contributed by atoms with Gasteiger partial charge in [0.25, 0.3) is 0 Å². The van der Waals surface area contributed by atoms with Crippen molar-refractivity contribution in [2.45, 2.75) is 51.9 Å². The van der Waals surface area contributed by atoms with Gasteiger partial charge in [-0.1, -0.05) is 38.1 Å². The molecule has 2 aliphatic rings. The molecular formula is C27H31NO4. The molecule has 0 radical (unpaired) electrons. The van der Waals surface area contributed by atoms with E-state index in [0.29, 0.717) is 38.4 Å². The minimum Gasteiger partial charge on any atom is -0.494 e. The number of carbonyl (C=O) groups is 2. The van der Waals surface area contributed by atoms with Gasteiger partial charge >= 0.3 is 0 Å². The van der Waals surface area contributed by atoms with Crippen LogP contribution in [0.4, 0.5) is 0 Å². The summed E-state index contributed by atoms with van der Waals surface area (Å²) >= 11 is 0. The maximum atomic E-state index is 13.3. The SMILES string of the molecule is CCOc1ccc(C2CC(=O)NC3=C2C(=O)CC(c2ccc(OCC(C)C)cc2)C3)cc1. The molecule has 2 aromatic carbocycles. The lowest BCUT2D eigenvalue weighted by Gasteiger charge is -2.34. The average Bonchev–Trinajstić information content (AvgIpc) is 2.78. The summed E-state index contributed by atoms with van der Waals surface area (Å²) < 4.78 is 11.3. The second-order valence-electron chi connectivity index (χ2n) is 9.00. The third-order valence-electron chi connectivity index (χ3n) is 6.06. The summed E-state index contributed by atoms with van der Waals surface area (Å²) in [5.74, 6) is 2.04. The highest BCUT2D eigenvalue weighted by atomic mass is 16.5. The molecule has 1 heterocycles. The van der Waals surface area contributed by atoms with Crippen molar-refractivity contribution in [2.75, 3.05) is 13.2 Å². The number of nitrogens with one attached hydrogen (secondary N) is 1. The predicted molar refractivity (Wildman–Crippen MR) is 124 cm³/mol. The van der Waals surface area contributed by atoms with Crippen LogP contribution in [0.5, 0.6) is 11.5 Å². The molecule has 2 unspecified atom stereocenters. The smallest absolute Gasteiger partial charge is 0.225 e. The minimum atomic E-state index is -0.199. The molecule has 0 bridgehead atoms. The third kappa shape index (κ3) is 4.87. The van der Waals surface area contributed by atoms with Crippen LogP contribution in [-0.4, -0.2) is 24.9 Å². The van der Waals surface area contributed by atoms with Crippen LogP contribution in [0, 0.1) is 5.92 Å². The lowest BCUT2D eigenvalue weighted by Crippen LogP contribution is -2.38. The van der Waals surface area contributed by atoms with Gasteiger partial charge in [-0.25, -0.2) is 0 Å². The molecule has 168 valence electrons. The van der Waals surface area contributed by atoms with Crippen molar-refractivity contribution in [3.8, 4) is 11.5 Å².